The molecule has 6 nitrogen and oxygen atoms in total. The van der Waals surface area contributed by atoms with Crippen LogP contribution < -0.4 is 16.2 Å². The predicted molar refractivity (Wildman–Crippen MR) is 91.7 cm³/mol. The maximum atomic E-state index is 12.0. The molecular formula is C16H22N4O2S. The standard InChI is InChI=1S/C16H22N4O2S/c1-4-11-12(15(21)20-19-13(11)5-2)8-17-16(22)18-9-14-10(3)6-7-23-14/h6-7H,4-5,8-9H2,1-3H3,(H,20,21)(H2,17,18,22). The molecule has 0 aliphatic rings. The summed E-state index contributed by atoms with van der Waals surface area (Å²) in [6, 6.07) is 1.74. The third kappa shape index (κ3) is 4.19. The zero-order chi connectivity index (χ0) is 16.8. The van der Waals surface area contributed by atoms with E-state index in [4.69, 9.17) is 0 Å². The first-order chi connectivity index (χ1) is 11.1. The SMILES string of the molecule is CCc1n[nH]c(=O)c(CNC(=O)NCc2sccc2C)c1CC. The summed E-state index contributed by atoms with van der Waals surface area (Å²) in [6.07, 6.45) is 1.46. The maximum absolute atomic E-state index is 12.0. The normalized spacial score (nSPS) is 10.6. The van der Waals surface area contributed by atoms with Gasteiger partial charge in [-0.25, -0.2) is 9.89 Å². The van der Waals surface area contributed by atoms with Gasteiger partial charge in [-0.15, -0.1) is 11.3 Å². The summed E-state index contributed by atoms with van der Waals surface area (Å²) in [4.78, 5) is 25.1. The van der Waals surface area contributed by atoms with Crippen molar-refractivity contribution in [1.82, 2.24) is 20.8 Å². The van der Waals surface area contributed by atoms with Gasteiger partial charge in [-0.2, -0.15) is 5.10 Å². The van der Waals surface area contributed by atoms with Crippen LogP contribution in [0.5, 0.6) is 0 Å². The number of urea groups is 1. The summed E-state index contributed by atoms with van der Waals surface area (Å²) >= 11 is 1.61. The first kappa shape index (κ1) is 17.2. The Hall–Kier alpha value is -2.15. The average molecular weight is 334 g/mol. The molecule has 0 unspecified atom stereocenters. The lowest BCUT2D eigenvalue weighted by Crippen LogP contribution is -2.36. The highest BCUT2D eigenvalue weighted by atomic mass is 32.1. The van der Waals surface area contributed by atoms with Gasteiger partial charge >= 0.3 is 6.03 Å². The van der Waals surface area contributed by atoms with Crippen LogP contribution in [0.3, 0.4) is 0 Å². The Morgan fingerprint density at radius 2 is 1.96 bits per heavy atom. The molecule has 0 bridgehead atoms. The molecule has 2 rings (SSSR count). The molecule has 2 aromatic rings. The van der Waals surface area contributed by atoms with Gasteiger partial charge in [0.1, 0.15) is 0 Å². The van der Waals surface area contributed by atoms with Crippen molar-refractivity contribution in [1.29, 1.82) is 0 Å². The topological polar surface area (TPSA) is 86.9 Å². The molecule has 2 aromatic heterocycles. The number of hydrogen-bond donors (Lipinski definition) is 3. The Labute approximate surface area is 139 Å². The smallest absolute Gasteiger partial charge is 0.315 e. The zero-order valence-corrected chi connectivity index (χ0v) is 14.5. The molecule has 23 heavy (non-hydrogen) atoms. The maximum Gasteiger partial charge on any atom is 0.315 e. The van der Waals surface area contributed by atoms with Crippen molar-refractivity contribution in [2.75, 3.05) is 0 Å². The van der Waals surface area contributed by atoms with Crippen LogP contribution in [-0.4, -0.2) is 16.2 Å². The second-order valence-corrected chi connectivity index (χ2v) is 6.23. The van der Waals surface area contributed by atoms with E-state index in [2.05, 4.69) is 20.8 Å². The Bertz CT molecular complexity index is 736. The van der Waals surface area contributed by atoms with Gasteiger partial charge in [-0.05, 0) is 42.3 Å². The number of carbonyl (C=O) groups excluding carboxylic acids is 1. The lowest BCUT2D eigenvalue weighted by Gasteiger charge is -2.12. The molecular weight excluding hydrogens is 312 g/mol. The van der Waals surface area contributed by atoms with Crippen LogP contribution in [0.2, 0.25) is 0 Å². The summed E-state index contributed by atoms with van der Waals surface area (Å²) in [7, 11) is 0. The number of nitrogens with one attached hydrogen (secondary N) is 3. The van der Waals surface area contributed by atoms with E-state index in [1.807, 2.05) is 32.2 Å². The van der Waals surface area contributed by atoms with E-state index in [0.717, 1.165) is 22.6 Å². The Kier molecular flexibility index (Phi) is 5.92. The van der Waals surface area contributed by atoms with Crippen LogP contribution >= 0.6 is 11.3 Å². The van der Waals surface area contributed by atoms with E-state index in [-0.39, 0.29) is 18.1 Å². The van der Waals surface area contributed by atoms with Gasteiger partial charge in [0.15, 0.2) is 0 Å². The minimum absolute atomic E-state index is 0.198. The van der Waals surface area contributed by atoms with E-state index >= 15 is 0 Å². The molecule has 0 spiro atoms. The number of carbonyl (C=O) groups is 1. The minimum atomic E-state index is -0.283. The van der Waals surface area contributed by atoms with Crippen molar-refractivity contribution < 1.29 is 4.79 Å². The lowest BCUT2D eigenvalue weighted by molar-refractivity contribution is 0.240. The van der Waals surface area contributed by atoms with Crippen LogP contribution in [0.1, 0.15) is 41.1 Å². The van der Waals surface area contributed by atoms with E-state index < -0.39 is 0 Å². The van der Waals surface area contributed by atoms with Crippen molar-refractivity contribution >= 4 is 17.4 Å². The number of aromatic nitrogens is 2. The number of aryl methyl sites for hydroxylation is 2. The lowest BCUT2D eigenvalue weighted by atomic mass is 10.0. The number of nitrogens with zero attached hydrogens (tertiary/aromatic N) is 1. The zero-order valence-electron chi connectivity index (χ0n) is 13.7. The third-order valence-electron chi connectivity index (χ3n) is 3.77. The van der Waals surface area contributed by atoms with Gasteiger partial charge in [-0.1, -0.05) is 13.8 Å². The van der Waals surface area contributed by atoms with Crippen molar-refractivity contribution in [2.24, 2.45) is 0 Å². The van der Waals surface area contributed by atoms with Gasteiger partial charge in [-0.3, -0.25) is 4.79 Å². The molecule has 0 saturated heterocycles. The highest BCUT2D eigenvalue weighted by Crippen LogP contribution is 2.14. The van der Waals surface area contributed by atoms with Crippen LogP contribution in [-0.2, 0) is 25.9 Å². The number of H-pyrrole nitrogens is 1. The average Bonchev–Trinajstić information content (AvgIpc) is 2.96. The van der Waals surface area contributed by atoms with Gasteiger partial charge < -0.3 is 10.6 Å². The summed E-state index contributed by atoms with van der Waals surface area (Å²) < 4.78 is 0. The minimum Gasteiger partial charge on any atom is -0.334 e. The van der Waals surface area contributed by atoms with Gasteiger partial charge in [0.05, 0.1) is 18.8 Å². The fourth-order valence-electron chi connectivity index (χ4n) is 2.44. The van der Waals surface area contributed by atoms with Gasteiger partial charge in [0.2, 0.25) is 0 Å². The third-order valence-corrected chi connectivity index (χ3v) is 4.79. The summed E-state index contributed by atoms with van der Waals surface area (Å²) in [5.41, 5.74) is 3.31. The number of amides is 2. The summed E-state index contributed by atoms with van der Waals surface area (Å²) in [5, 5.41) is 14.1. The van der Waals surface area contributed by atoms with Gasteiger partial charge in [0, 0.05) is 10.4 Å². The fraction of sp³-hybridized carbons (Fsp3) is 0.438. The number of rotatable bonds is 6. The molecule has 124 valence electrons. The molecule has 2 heterocycles. The molecule has 0 aromatic carbocycles. The Morgan fingerprint density at radius 3 is 2.57 bits per heavy atom. The van der Waals surface area contributed by atoms with Gasteiger partial charge in [0.25, 0.3) is 5.56 Å². The molecule has 0 saturated carbocycles. The second kappa shape index (κ2) is 7.92. The number of hydrogen-bond acceptors (Lipinski definition) is 4. The predicted octanol–water partition coefficient (Wildman–Crippen LogP) is 2.26. The first-order valence-corrected chi connectivity index (χ1v) is 8.58. The van der Waals surface area contributed by atoms with Crippen LogP contribution in [0.25, 0.3) is 0 Å². The number of aromatic amines is 1. The van der Waals surface area contributed by atoms with E-state index in [9.17, 15) is 9.59 Å². The molecule has 7 heteroatoms. The molecule has 0 fully saturated rings. The molecule has 0 atom stereocenters. The monoisotopic (exact) mass is 334 g/mol. The molecule has 0 aliphatic heterocycles. The molecule has 0 aliphatic carbocycles. The van der Waals surface area contributed by atoms with Crippen LogP contribution in [0, 0.1) is 6.92 Å². The fourth-order valence-corrected chi connectivity index (χ4v) is 3.28. The first-order valence-electron chi connectivity index (χ1n) is 7.70. The largest absolute Gasteiger partial charge is 0.334 e. The summed E-state index contributed by atoms with van der Waals surface area (Å²) in [5.74, 6) is 0. The Morgan fingerprint density at radius 1 is 1.22 bits per heavy atom. The van der Waals surface area contributed by atoms with E-state index in [0.29, 0.717) is 18.5 Å². The molecule has 0 radical (unpaired) electrons. The Balaban J connectivity index is 1.99. The highest BCUT2D eigenvalue weighted by Gasteiger charge is 2.13. The van der Waals surface area contributed by atoms with Crippen molar-refractivity contribution in [3.05, 3.63) is 49.1 Å². The summed E-state index contributed by atoms with van der Waals surface area (Å²) in [6.45, 7) is 6.68. The van der Waals surface area contributed by atoms with E-state index in [1.54, 1.807) is 11.3 Å². The molecule has 2 amide bonds. The van der Waals surface area contributed by atoms with E-state index in [1.165, 1.54) is 5.56 Å². The van der Waals surface area contributed by atoms with Crippen LogP contribution in [0.15, 0.2) is 16.2 Å². The van der Waals surface area contributed by atoms with Crippen LogP contribution in [0.4, 0.5) is 4.79 Å². The number of thiophene rings is 1. The highest BCUT2D eigenvalue weighted by molar-refractivity contribution is 7.10. The quantitative estimate of drug-likeness (QED) is 0.757. The van der Waals surface area contributed by atoms with Crippen molar-refractivity contribution in [3.63, 3.8) is 0 Å². The molecule has 3 N–H and O–H groups in total. The van der Waals surface area contributed by atoms with Crippen molar-refractivity contribution in [2.45, 2.75) is 46.7 Å². The second-order valence-electron chi connectivity index (χ2n) is 5.23. The van der Waals surface area contributed by atoms with Crippen molar-refractivity contribution in [3.8, 4) is 0 Å².